The van der Waals surface area contributed by atoms with Gasteiger partial charge in [-0.15, -0.1) is 0 Å². The Morgan fingerprint density at radius 1 is 1.56 bits per heavy atom. The average Bonchev–Trinajstić information content (AvgIpc) is 2.15. The van der Waals surface area contributed by atoms with Crippen molar-refractivity contribution in [3.63, 3.8) is 0 Å². The van der Waals surface area contributed by atoms with Crippen LogP contribution in [0.1, 0.15) is 33.6 Å². The quantitative estimate of drug-likeness (QED) is 0.727. The number of ether oxygens (including phenoxy) is 1. The van der Waals surface area contributed by atoms with Crippen LogP contribution in [0.25, 0.3) is 0 Å². The fourth-order valence-electron chi connectivity index (χ4n) is 1.61. The highest BCUT2D eigenvalue weighted by molar-refractivity contribution is 5.85. The second-order valence-corrected chi connectivity index (χ2v) is 5.02. The number of ketones is 1. The molecule has 0 aromatic heterocycles. The van der Waals surface area contributed by atoms with Gasteiger partial charge in [-0.2, -0.15) is 0 Å². The molecule has 1 atom stereocenters. The van der Waals surface area contributed by atoms with E-state index in [0.29, 0.717) is 12.8 Å². The molecule has 0 radical (unpaired) electrons. The molecule has 0 saturated carbocycles. The third-order valence-corrected chi connectivity index (χ3v) is 2.38. The highest BCUT2D eigenvalue weighted by Gasteiger charge is 2.32. The zero-order chi connectivity index (χ0) is 12.3. The van der Waals surface area contributed by atoms with Crippen molar-refractivity contribution >= 4 is 11.9 Å². The van der Waals surface area contributed by atoms with E-state index in [4.69, 9.17) is 9.84 Å². The second-order valence-electron chi connectivity index (χ2n) is 5.02. The van der Waals surface area contributed by atoms with Gasteiger partial charge in [-0.05, 0) is 27.2 Å². The molecule has 0 aliphatic carbocycles. The van der Waals surface area contributed by atoms with Gasteiger partial charge in [-0.1, -0.05) is 0 Å². The van der Waals surface area contributed by atoms with Crippen molar-refractivity contribution < 1.29 is 19.4 Å². The summed E-state index contributed by atoms with van der Waals surface area (Å²) in [7, 11) is 0. The molecular formula is C11H19NO4. The zero-order valence-electron chi connectivity index (χ0n) is 10.0. The Balaban J connectivity index is 2.67. The third kappa shape index (κ3) is 3.48. The molecule has 1 rings (SSSR count). The second kappa shape index (κ2) is 4.82. The van der Waals surface area contributed by atoms with E-state index in [2.05, 4.69) is 0 Å². The van der Waals surface area contributed by atoms with Crippen molar-refractivity contribution in [3.8, 4) is 0 Å². The van der Waals surface area contributed by atoms with Crippen LogP contribution in [-0.2, 0) is 9.53 Å². The standard InChI is InChI=1S/C11H19NO4/c1-11(2,3)16-10(15)12-6-9(14)5-4-8(12)7-13/h8,13H,4-7H2,1-3H3. The minimum Gasteiger partial charge on any atom is -0.444 e. The summed E-state index contributed by atoms with van der Waals surface area (Å²) in [6.07, 6.45) is 0.402. The van der Waals surface area contributed by atoms with Crippen LogP contribution in [0.2, 0.25) is 0 Å². The molecule has 1 amide bonds. The molecule has 1 aliphatic heterocycles. The Morgan fingerprint density at radius 3 is 2.69 bits per heavy atom. The zero-order valence-corrected chi connectivity index (χ0v) is 10.0. The summed E-state index contributed by atoms with van der Waals surface area (Å²) in [6, 6.07) is -0.299. The highest BCUT2D eigenvalue weighted by atomic mass is 16.6. The van der Waals surface area contributed by atoms with Crippen LogP contribution in [0.3, 0.4) is 0 Å². The smallest absolute Gasteiger partial charge is 0.411 e. The molecule has 0 bridgehead atoms. The number of piperidine rings is 1. The van der Waals surface area contributed by atoms with Crippen molar-refractivity contribution in [1.29, 1.82) is 0 Å². The van der Waals surface area contributed by atoms with E-state index in [1.165, 1.54) is 4.90 Å². The first-order valence-corrected chi connectivity index (χ1v) is 5.45. The highest BCUT2D eigenvalue weighted by Crippen LogP contribution is 2.18. The molecule has 1 saturated heterocycles. The summed E-state index contributed by atoms with van der Waals surface area (Å²) in [6.45, 7) is 5.21. The average molecular weight is 229 g/mol. The molecule has 92 valence electrons. The number of carbonyl (C=O) groups excluding carboxylic acids is 2. The fraction of sp³-hybridized carbons (Fsp3) is 0.818. The number of likely N-dealkylation sites (tertiary alicyclic amines) is 1. The molecule has 1 N–H and O–H groups in total. The van der Waals surface area contributed by atoms with Crippen LogP contribution in [0, 0.1) is 0 Å². The molecule has 1 heterocycles. The van der Waals surface area contributed by atoms with Gasteiger partial charge in [0.25, 0.3) is 0 Å². The number of aliphatic hydroxyl groups is 1. The van der Waals surface area contributed by atoms with E-state index in [0.717, 1.165) is 0 Å². The lowest BCUT2D eigenvalue weighted by molar-refractivity contribution is -0.124. The van der Waals surface area contributed by atoms with Crippen LogP contribution in [0.5, 0.6) is 0 Å². The van der Waals surface area contributed by atoms with Gasteiger partial charge >= 0.3 is 6.09 Å². The van der Waals surface area contributed by atoms with Gasteiger partial charge in [0.2, 0.25) is 0 Å². The van der Waals surface area contributed by atoms with E-state index in [-0.39, 0.29) is 25.0 Å². The number of carbonyl (C=O) groups is 2. The minimum absolute atomic E-state index is 0.00978. The predicted molar refractivity (Wildman–Crippen MR) is 58.1 cm³/mol. The van der Waals surface area contributed by atoms with Crippen LogP contribution in [0.4, 0.5) is 4.79 Å². The maximum absolute atomic E-state index is 11.8. The maximum Gasteiger partial charge on any atom is 0.411 e. The SMILES string of the molecule is CC(C)(C)OC(=O)N1CC(=O)CCC1CO. The summed E-state index contributed by atoms with van der Waals surface area (Å²) in [5.74, 6) is 0.00978. The largest absolute Gasteiger partial charge is 0.444 e. The van der Waals surface area contributed by atoms with E-state index in [1.807, 2.05) is 0 Å². The lowest BCUT2D eigenvalue weighted by atomic mass is 10.0. The number of Topliss-reactive ketones (excluding diaryl/α,β-unsaturated/α-hetero) is 1. The Hall–Kier alpha value is -1.10. The van der Waals surface area contributed by atoms with Crippen LogP contribution >= 0.6 is 0 Å². The van der Waals surface area contributed by atoms with Crippen LogP contribution < -0.4 is 0 Å². The van der Waals surface area contributed by atoms with E-state index < -0.39 is 11.7 Å². The Labute approximate surface area is 95.4 Å². The molecule has 16 heavy (non-hydrogen) atoms. The first kappa shape index (κ1) is 13.0. The number of rotatable bonds is 1. The molecular weight excluding hydrogens is 210 g/mol. The molecule has 5 heteroatoms. The van der Waals surface area contributed by atoms with Gasteiger partial charge in [0.1, 0.15) is 5.60 Å². The molecule has 0 spiro atoms. The minimum atomic E-state index is -0.586. The normalized spacial score (nSPS) is 22.1. The van der Waals surface area contributed by atoms with Crippen molar-refractivity contribution in [3.05, 3.63) is 0 Å². The number of amides is 1. The van der Waals surface area contributed by atoms with Crippen LogP contribution in [-0.4, -0.2) is 46.7 Å². The Bertz CT molecular complexity index is 282. The lowest BCUT2D eigenvalue weighted by Gasteiger charge is -2.35. The molecule has 5 nitrogen and oxygen atoms in total. The molecule has 1 fully saturated rings. The fourth-order valence-corrected chi connectivity index (χ4v) is 1.61. The summed E-state index contributed by atoms with van der Waals surface area (Å²) < 4.78 is 5.18. The monoisotopic (exact) mass is 229 g/mol. The van der Waals surface area contributed by atoms with E-state index >= 15 is 0 Å². The number of hydrogen-bond donors (Lipinski definition) is 1. The Morgan fingerprint density at radius 2 is 2.19 bits per heavy atom. The topological polar surface area (TPSA) is 66.8 Å². The third-order valence-electron chi connectivity index (χ3n) is 2.38. The van der Waals surface area contributed by atoms with Crippen LogP contribution in [0.15, 0.2) is 0 Å². The van der Waals surface area contributed by atoms with Crippen molar-refractivity contribution in [2.75, 3.05) is 13.2 Å². The van der Waals surface area contributed by atoms with Gasteiger partial charge in [0, 0.05) is 6.42 Å². The van der Waals surface area contributed by atoms with Crippen molar-refractivity contribution in [2.24, 2.45) is 0 Å². The maximum atomic E-state index is 11.8. The lowest BCUT2D eigenvalue weighted by Crippen LogP contribution is -2.50. The van der Waals surface area contributed by atoms with E-state index in [1.54, 1.807) is 20.8 Å². The molecule has 0 aromatic rings. The molecule has 1 unspecified atom stereocenters. The Kier molecular flexibility index (Phi) is 3.91. The summed E-state index contributed by atoms with van der Waals surface area (Å²) in [5.41, 5.74) is -0.586. The van der Waals surface area contributed by atoms with Gasteiger partial charge in [0.15, 0.2) is 5.78 Å². The number of hydrogen-bond acceptors (Lipinski definition) is 4. The van der Waals surface area contributed by atoms with Crippen molar-refractivity contribution in [2.45, 2.75) is 45.3 Å². The molecule has 1 aliphatic rings. The summed E-state index contributed by atoms with van der Waals surface area (Å²) in [5, 5.41) is 9.13. The van der Waals surface area contributed by atoms with Gasteiger partial charge < -0.3 is 9.84 Å². The number of nitrogens with zero attached hydrogens (tertiary/aromatic N) is 1. The van der Waals surface area contributed by atoms with Crippen molar-refractivity contribution in [1.82, 2.24) is 4.90 Å². The summed E-state index contributed by atoms with van der Waals surface area (Å²) >= 11 is 0. The van der Waals surface area contributed by atoms with E-state index in [9.17, 15) is 9.59 Å². The number of aliphatic hydroxyl groups excluding tert-OH is 1. The van der Waals surface area contributed by atoms with Gasteiger partial charge in [0.05, 0.1) is 19.2 Å². The van der Waals surface area contributed by atoms with Gasteiger partial charge in [-0.3, -0.25) is 9.69 Å². The van der Waals surface area contributed by atoms with Gasteiger partial charge in [-0.25, -0.2) is 4.79 Å². The first-order chi connectivity index (χ1) is 7.33. The molecule has 0 aromatic carbocycles. The summed E-state index contributed by atoms with van der Waals surface area (Å²) in [4.78, 5) is 24.4. The predicted octanol–water partition coefficient (Wildman–Crippen LogP) is 0.947. The first-order valence-electron chi connectivity index (χ1n) is 5.45.